The van der Waals surface area contributed by atoms with Crippen molar-refractivity contribution in [2.75, 3.05) is 0 Å². The first-order chi connectivity index (χ1) is 12.1. The van der Waals surface area contributed by atoms with Crippen LogP contribution in [0.3, 0.4) is 0 Å². The molecule has 0 amide bonds. The Kier molecular flexibility index (Phi) is 5.96. The van der Waals surface area contributed by atoms with Crippen LogP contribution in [0.15, 0.2) is 32.4 Å². The lowest BCUT2D eigenvalue weighted by molar-refractivity contribution is -0.154. The molecular formula is C16H17BrFN3O5. The van der Waals surface area contributed by atoms with Crippen molar-refractivity contribution in [3.05, 3.63) is 49.5 Å². The maximum atomic E-state index is 14.3. The van der Waals surface area contributed by atoms with Gasteiger partial charge in [0, 0.05) is 13.1 Å². The number of benzene rings is 1. The van der Waals surface area contributed by atoms with Gasteiger partial charge in [0.25, 0.3) is 5.56 Å². The van der Waals surface area contributed by atoms with E-state index in [1.54, 1.807) is 13.8 Å². The smallest absolute Gasteiger partial charge is 0.352 e. The number of nitrogens with zero attached hydrogens (tertiary/aromatic N) is 3. The molecule has 10 heteroatoms. The molecule has 0 aliphatic carbocycles. The summed E-state index contributed by atoms with van der Waals surface area (Å²) < 4.78 is 26.7. The van der Waals surface area contributed by atoms with Gasteiger partial charge in [-0.15, -0.1) is 0 Å². The van der Waals surface area contributed by atoms with E-state index >= 15 is 0 Å². The van der Waals surface area contributed by atoms with Gasteiger partial charge in [0.15, 0.2) is 6.10 Å². The minimum atomic E-state index is -0.961. The average Bonchev–Trinajstić information content (AvgIpc) is 2.55. The highest BCUT2D eigenvalue weighted by atomic mass is 79.9. The van der Waals surface area contributed by atoms with Crippen LogP contribution in [-0.2, 0) is 16.6 Å². The van der Waals surface area contributed by atoms with Crippen molar-refractivity contribution in [1.29, 1.82) is 0 Å². The molecule has 0 aliphatic heterocycles. The molecule has 0 bridgehead atoms. The van der Waals surface area contributed by atoms with Gasteiger partial charge in [-0.2, -0.15) is 9.78 Å². The van der Waals surface area contributed by atoms with Crippen LogP contribution in [0.2, 0.25) is 0 Å². The maximum Gasteiger partial charge on any atom is 0.352 e. The second-order valence-corrected chi connectivity index (χ2v) is 6.57. The Labute approximate surface area is 156 Å². The summed E-state index contributed by atoms with van der Waals surface area (Å²) in [6, 6.07) is 2.28. The van der Waals surface area contributed by atoms with E-state index in [0.29, 0.717) is 0 Å². The third kappa shape index (κ3) is 4.18. The van der Waals surface area contributed by atoms with Crippen molar-refractivity contribution < 1.29 is 18.7 Å². The van der Waals surface area contributed by atoms with E-state index in [1.807, 2.05) is 0 Å². The topological polar surface area (TPSA) is 92.4 Å². The van der Waals surface area contributed by atoms with Crippen LogP contribution in [0.4, 0.5) is 4.39 Å². The van der Waals surface area contributed by atoms with Crippen molar-refractivity contribution in [1.82, 2.24) is 14.3 Å². The predicted molar refractivity (Wildman–Crippen MR) is 94.1 cm³/mol. The predicted octanol–water partition coefficient (Wildman–Crippen LogP) is 1.55. The standard InChI is InChI=1S/C16H17BrFN3O5/c1-8(2)25-15(23)9(3)26-13-6-12(11(18)5-10(13)17)21-16(24)20(4)14(22)7-19-21/h5-9H,1-4H3. The highest BCUT2D eigenvalue weighted by Gasteiger charge is 2.21. The normalized spacial score (nSPS) is 12.1. The quantitative estimate of drug-likeness (QED) is 0.669. The van der Waals surface area contributed by atoms with Crippen molar-refractivity contribution >= 4 is 21.9 Å². The van der Waals surface area contributed by atoms with Crippen LogP contribution < -0.4 is 16.0 Å². The average molecular weight is 430 g/mol. The maximum absolute atomic E-state index is 14.3. The molecule has 0 saturated heterocycles. The molecule has 1 aromatic carbocycles. The van der Waals surface area contributed by atoms with Crippen LogP contribution in [0.5, 0.6) is 5.75 Å². The Hall–Kier alpha value is -2.49. The van der Waals surface area contributed by atoms with Crippen LogP contribution in [0, 0.1) is 5.82 Å². The number of rotatable bonds is 5. The fourth-order valence-corrected chi connectivity index (χ4v) is 2.39. The Morgan fingerprint density at radius 2 is 1.92 bits per heavy atom. The summed E-state index contributed by atoms with van der Waals surface area (Å²) in [7, 11) is 1.25. The number of aromatic nitrogens is 3. The van der Waals surface area contributed by atoms with Crippen molar-refractivity contribution in [3.8, 4) is 11.4 Å². The van der Waals surface area contributed by atoms with E-state index in [0.717, 1.165) is 21.5 Å². The summed E-state index contributed by atoms with van der Waals surface area (Å²) in [5.74, 6) is -1.25. The molecule has 0 radical (unpaired) electrons. The summed E-state index contributed by atoms with van der Waals surface area (Å²) >= 11 is 3.15. The van der Waals surface area contributed by atoms with Gasteiger partial charge in [0.1, 0.15) is 23.5 Å². The summed E-state index contributed by atoms with van der Waals surface area (Å²) in [5.41, 5.74) is -1.67. The fraction of sp³-hybridized carbons (Fsp3) is 0.375. The zero-order chi connectivity index (χ0) is 19.6. The van der Waals surface area contributed by atoms with Gasteiger partial charge >= 0.3 is 11.7 Å². The molecule has 0 N–H and O–H groups in total. The fourth-order valence-electron chi connectivity index (χ4n) is 1.98. The van der Waals surface area contributed by atoms with Gasteiger partial charge in [-0.3, -0.25) is 9.36 Å². The van der Waals surface area contributed by atoms with Gasteiger partial charge in [-0.1, -0.05) is 0 Å². The van der Waals surface area contributed by atoms with E-state index in [-0.39, 0.29) is 22.0 Å². The third-order valence-electron chi connectivity index (χ3n) is 3.30. The monoisotopic (exact) mass is 429 g/mol. The molecule has 0 saturated carbocycles. The van der Waals surface area contributed by atoms with Crippen molar-refractivity contribution in [2.24, 2.45) is 7.05 Å². The van der Waals surface area contributed by atoms with Crippen molar-refractivity contribution in [2.45, 2.75) is 33.0 Å². The van der Waals surface area contributed by atoms with Crippen LogP contribution in [-0.4, -0.2) is 32.5 Å². The molecule has 1 atom stereocenters. The van der Waals surface area contributed by atoms with Gasteiger partial charge in [0.2, 0.25) is 0 Å². The first-order valence-electron chi connectivity index (χ1n) is 7.63. The van der Waals surface area contributed by atoms with Gasteiger partial charge in [-0.05, 0) is 42.8 Å². The lowest BCUT2D eigenvalue weighted by atomic mass is 10.2. The first-order valence-corrected chi connectivity index (χ1v) is 8.43. The van der Waals surface area contributed by atoms with E-state index in [2.05, 4.69) is 21.0 Å². The summed E-state index contributed by atoms with van der Waals surface area (Å²) in [6.45, 7) is 4.89. The number of hydrogen-bond donors (Lipinski definition) is 0. The number of esters is 1. The summed E-state index contributed by atoms with van der Waals surface area (Å²) in [5, 5.41) is 3.66. The lowest BCUT2D eigenvalue weighted by Gasteiger charge is -2.17. The molecule has 8 nitrogen and oxygen atoms in total. The second-order valence-electron chi connectivity index (χ2n) is 5.72. The molecule has 1 aromatic heterocycles. The summed E-state index contributed by atoms with van der Waals surface area (Å²) in [6.07, 6.45) is -0.377. The Bertz CT molecular complexity index is 954. The number of halogens is 2. The van der Waals surface area contributed by atoms with E-state index in [9.17, 15) is 18.8 Å². The lowest BCUT2D eigenvalue weighted by Crippen LogP contribution is -2.38. The summed E-state index contributed by atoms with van der Waals surface area (Å²) in [4.78, 5) is 35.5. The van der Waals surface area contributed by atoms with Gasteiger partial charge < -0.3 is 9.47 Å². The molecule has 26 heavy (non-hydrogen) atoms. The molecule has 2 aromatic rings. The molecule has 0 aliphatic rings. The molecular weight excluding hydrogens is 413 g/mol. The number of carbonyl (C=O) groups excluding carboxylic acids is 1. The SMILES string of the molecule is CC(C)OC(=O)C(C)Oc1cc(-n2ncc(=O)n(C)c2=O)c(F)cc1Br. The molecule has 2 rings (SSSR count). The van der Waals surface area contributed by atoms with Gasteiger partial charge in [-0.25, -0.2) is 14.0 Å². The second kappa shape index (κ2) is 7.81. The molecule has 0 fully saturated rings. The van der Waals surface area contributed by atoms with E-state index in [4.69, 9.17) is 9.47 Å². The van der Waals surface area contributed by atoms with Crippen LogP contribution >= 0.6 is 15.9 Å². The van der Waals surface area contributed by atoms with Crippen LogP contribution in [0.25, 0.3) is 5.69 Å². The Morgan fingerprint density at radius 3 is 2.54 bits per heavy atom. The largest absolute Gasteiger partial charge is 0.478 e. The minimum Gasteiger partial charge on any atom is -0.478 e. The molecule has 1 heterocycles. The zero-order valence-corrected chi connectivity index (χ0v) is 16.1. The number of carbonyl (C=O) groups is 1. The Balaban J connectivity index is 2.45. The first kappa shape index (κ1) is 19.8. The molecule has 1 unspecified atom stereocenters. The highest BCUT2D eigenvalue weighted by molar-refractivity contribution is 9.10. The highest BCUT2D eigenvalue weighted by Crippen LogP contribution is 2.30. The van der Waals surface area contributed by atoms with Gasteiger partial charge in [0.05, 0.1) is 10.6 Å². The Morgan fingerprint density at radius 1 is 1.27 bits per heavy atom. The van der Waals surface area contributed by atoms with Crippen LogP contribution in [0.1, 0.15) is 20.8 Å². The zero-order valence-electron chi connectivity index (χ0n) is 14.5. The van der Waals surface area contributed by atoms with E-state index in [1.165, 1.54) is 20.0 Å². The van der Waals surface area contributed by atoms with Crippen molar-refractivity contribution in [3.63, 3.8) is 0 Å². The number of ether oxygens (including phenoxy) is 2. The minimum absolute atomic E-state index is 0.108. The third-order valence-corrected chi connectivity index (χ3v) is 3.92. The number of hydrogen-bond acceptors (Lipinski definition) is 6. The molecule has 140 valence electrons. The molecule has 0 spiro atoms. The van der Waals surface area contributed by atoms with E-state index < -0.39 is 29.1 Å².